The van der Waals surface area contributed by atoms with Crippen LogP contribution in [0.3, 0.4) is 0 Å². The van der Waals surface area contributed by atoms with Gasteiger partial charge in [0, 0.05) is 37.7 Å². The second kappa shape index (κ2) is 6.69. The Labute approximate surface area is 156 Å². The molecular formula is C17H18N6O3S. The van der Waals surface area contributed by atoms with E-state index in [0.29, 0.717) is 30.1 Å². The summed E-state index contributed by atoms with van der Waals surface area (Å²) in [6, 6.07) is 3.45. The zero-order chi connectivity index (χ0) is 19.0. The SMILES string of the molecule is CS(=O)(=O)c1cnc2ncnn2c1[C@@H]1CCCN(C(=O)c2cccnc2)C1. The van der Waals surface area contributed by atoms with Crippen molar-refractivity contribution in [1.29, 1.82) is 0 Å². The van der Waals surface area contributed by atoms with Crippen molar-refractivity contribution >= 4 is 21.5 Å². The van der Waals surface area contributed by atoms with Gasteiger partial charge in [-0.15, -0.1) is 0 Å². The normalized spacial score (nSPS) is 18.0. The van der Waals surface area contributed by atoms with E-state index < -0.39 is 9.84 Å². The maximum Gasteiger partial charge on any atom is 0.255 e. The summed E-state index contributed by atoms with van der Waals surface area (Å²) < 4.78 is 26.1. The molecule has 1 aliphatic rings. The zero-order valence-electron chi connectivity index (χ0n) is 14.7. The number of hydrogen-bond donors (Lipinski definition) is 0. The van der Waals surface area contributed by atoms with Crippen LogP contribution in [0.25, 0.3) is 5.78 Å². The Kier molecular flexibility index (Phi) is 4.34. The van der Waals surface area contributed by atoms with Crippen LogP contribution >= 0.6 is 0 Å². The van der Waals surface area contributed by atoms with Gasteiger partial charge in [0.15, 0.2) is 9.84 Å². The van der Waals surface area contributed by atoms with E-state index in [1.54, 1.807) is 23.2 Å². The molecule has 140 valence electrons. The fourth-order valence-electron chi connectivity index (χ4n) is 3.50. The number of fused-ring (bicyclic) bond motifs is 1. The van der Waals surface area contributed by atoms with Gasteiger partial charge in [-0.2, -0.15) is 14.6 Å². The van der Waals surface area contributed by atoms with Crippen molar-refractivity contribution in [2.75, 3.05) is 19.3 Å². The molecule has 0 saturated carbocycles. The molecule has 1 fully saturated rings. The van der Waals surface area contributed by atoms with Gasteiger partial charge in [0.25, 0.3) is 11.7 Å². The third-order valence-electron chi connectivity index (χ3n) is 4.71. The first-order valence-corrected chi connectivity index (χ1v) is 10.4. The minimum Gasteiger partial charge on any atom is -0.338 e. The number of piperidine rings is 1. The van der Waals surface area contributed by atoms with E-state index in [4.69, 9.17) is 0 Å². The summed E-state index contributed by atoms with van der Waals surface area (Å²) in [5.74, 6) is 0.0435. The van der Waals surface area contributed by atoms with Gasteiger partial charge in [0.1, 0.15) is 11.2 Å². The molecule has 1 saturated heterocycles. The molecule has 4 heterocycles. The van der Waals surface area contributed by atoms with Crippen LogP contribution in [0.4, 0.5) is 0 Å². The molecule has 0 bridgehead atoms. The van der Waals surface area contributed by atoms with Gasteiger partial charge in [0.2, 0.25) is 0 Å². The Bertz CT molecular complexity index is 1100. The van der Waals surface area contributed by atoms with Crippen molar-refractivity contribution in [3.63, 3.8) is 0 Å². The van der Waals surface area contributed by atoms with Crippen molar-refractivity contribution in [2.45, 2.75) is 23.7 Å². The number of amides is 1. The highest BCUT2D eigenvalue weighted by atomic mass is 32.2. The fourth-order valence-corrected chi connectivity index (χ4v) is 4.37. The monoisotopic (exact) mass is 386 g/mol. The van der Waals surface area contributed by atoms with E-state index in [2.05, 4.69) is 20.1 Å². The van der Waals surface area contributed by atoms with Crippen molar-refractivity contribution in [3.05, 3.63) is 48.3 Å². The maximum absolute atomic E-state index is 12.8. The predicted molar refractivity (Wildman–Crippen MR) is 96.0 cm³/mol. The van der Waals surface area contributed by atoms with Crippen LogP contribution in [0.2, 0.25) is 0 Å². The molecule has 3 aromatic rings. The number of carbonyl (C=O) groups excluding carboxylic acids is 1. The minimum atomic E-state index is -3.51. The van der Waals surface area contributed by atoms with E-state index in [1.807, 2.05) is 0 Å². The van der Waals surface area contributed by atoms with Gasteiger partial charge >= 0.3 is 0 Å². The lowest BCUT2D eigenvalue weighted by Gasteiger charge is -2.33. The number of sulfone groups is 1. The first kappa shape index (κ1) is 17.5. The molecule has 10 heteroatoms. The van der Waals surface area contributed by atoms with Crippen molar-refractivity contribution < 1.29 is 13.2 Å². The quantitative estimate of drug-likeness (QED) is 0.659. The summed E-state index contributed by atoms with van der Waals surface area (Å²) in [5.41, 5.74) is 1.05. The molecule has 0 aliphatic carbocycles. The highest BCUT2D eigenvalue weighted by Crippen LogP contribution is 2.31. The lowest BCUT2D eigenvalue weighted by molar-refractivity contribution is 0.0704. The second-order valence-electron chi connectivity index (χ2n) is 6.58. The molecule has 1 amide bonds. The van der Waals surface area contributed by atoms with Crippen molar-refractivity contribution in [1.82, 2.24) is 29.5 Å². The standard InChI is InChI=1S/C17H18N6O3S/c1-27(25,26)14-9-19-17-20-11-21-23(17)15(14)13-5-3-7-22(10-13)16(24)12-4-2-6-18-8-12/h2,4,6,8-9,11,13H,3,5,7,10H2,1H3/t13-/m1/s1. The first-order valence-electron chi connectivity index (χ1n) is 8.53. The summed E-state index contributed by atoms with van der Waals surface area (Å²) in [5, 5.41) is 4.16. The van der Waals surface area contributed by atoms with Gasteiger partial charge in [0.05, 0.1) is 17.5 Å². The molecule has 1 atom stereocenters. The van der Waals surface area contributed by atoms with E-state index in [9.17, 15) is 13.2 Å². The molecule has 0 unspecified atom stereocenters. The van der Waals surface area contributed by atoms with E-state index in [1.165, 1.54) is 23.2 Å². The molecule has 4 rings (SSSR count). The van der Waals surface area contributed by atoms with Crippen molar-refractivity contribution in [3.8, 4) is 0 Å². The summed E-state index contributed by atoms with van der Waals surface area (Å²) in [6.45, 7) is 1.01. The number of hydrogen-bond acceptors (Lipinski definition) is 7. The Hall–Kier alpha value is -2.88. The third kappa shape index (κ3) is 3.27. The number of nitrogens with zero attached hydrogens (tertiary/aromatic N) is 6. The van der Waals surface area contributed by atoms with Gasteiger partial charge in [-0.05, 0) is 25.0 Å². The molecule has 0 N–H and O–H groups in total. The van der Waals surface area contributed by atoms with E-state index in [0.717, 1.165) is 19.1 Å². The van der Waals surface area contributed by atoms with Gasteiger partial charge < -0.3 is 4.90 Å². The number of rotatable bonds is 3. The highest BCUT2D eigenvalue weighted by Gasteiger charge is 2.31. The molecule has 0 radical (unpaired) electrons. The molecule has 0 aromatic carbocycles. The Morgan fingerprint density at radius 3 is 2.85 bits per heavy atom. The number of pyridine rings is 1. The third-order valence-corrected chi connectivity index (χ3v) is 5.82. The van der Waals surface area contributed by atoms with Crippen LogP contribution in [0.1, 0.15) is 34.8 Å². The summed E-state index contributed by atoms with van der Waals surface area (Å²) >= 11 is 0. The predicted octanol–water partition coefficient (Wildman–Crippen LogP) is 0.943. The smallest absolute Gasteiger partial charge is 0.255 e. The van der Waals surface area contributed by atoms with Crippen LogP contribution < -0.4 is 0 Å². The average molecular weight is 386 g/mol. The molecule has 0 spiro atoms. The number of aromatic nitrogens is 5. The molecule has 9 nitrogen and oxygen atoms in total. The van der Waals surface area contributed by atoms with E-state index >= 15 is 0 Å². The van der Waals surface area contributed by atoms with Gasteiger partial charge in [-0.25, -0.2) is 13.4 Å². The average Bonchev–Trinajstić information content (AvgIpc) is 3.15. The summed E-state index contributed by atoms with van der Waals surface area (Å²) in [4.78, 5) is 26.8. The van der Waals surface area contributed by atoms with Gasteiger partial charge in [-0.3, -0.25) is 9.78 Å². The first-order chi connectivity index (χ1) is 12.9. The topological polar surface area (TPSA) is 110 Å². The van der Waals surface area contributed by atoms with Crippen LogP contribution in [-0.4, -0.2) is 63.1 Å². The molecular weight excluding hydrogens is 368 g/mol. The van der Waals surface area contributed by atoms with Crippen LogP contribution in [-0.2, 0) is 9.84 Å². The lowest BCUT2D eigenvalue weighted by atomic mass is 9.94. The van der Waals surface area contributed by atoms with Crippen LogP contribution in [0.15, 0.2) is 41.9 Å². The summed E-state index contributed by atoms with van der Waals surface area (Å²) in [7, 11) is -3.51. The number of likely N-dealkylation sites (tertiary alicyclic amines) is 1. The highest BCUT2D eigenvalue weighted by molar-refractivity contribution is 7.90. The zero-order valence-corrected chi connectivity index (χ0v) is 15.5. The Morgan fingerprint density at radius 1 is 1.26 bits per heavy atom. The van der Waals surface area contributed by atoms with Crippen LogP contribution in [0, 0.1) is 0 Å². The molecule has 27 heavy (non-hydrogen) atoms. The van der Waals surface area contributed by atoms with E-state index in [-0.39, 0.29) is 16.7 Å². The Morgan fingerprint density at radius 2 is 2.11 bits per heavy atom. The lowest BCUT2D eigenvalue weighted by Crippen LogP contribution is -2.40. The summed E-state index contributed by atoms with van der Waals surface area (Å²) in [6.07, 6.45) is 8.49. The van der Waals surface area contributed by atoms with Crippen LogP contribution in [0.5, 0.6) is 0 Å². The second-order valence-corrected chi connectivity index (χ2v) is 8.57. The minimum absolute atomic E-state index is 0.113. The van der Waals surface area contributed by atoms with Gasteiger partial charge in [-0.1, -0.05) is 0 Å². The largest absolute Gasteiger partial charge is 0.338 e. The maximum atomic E-state index is 12.8. The Balaban J connectivity index is 1.73. The van der Waals surface area contributed by atoms with Crippen molar-refractivity contribution in [2.24, 2.45) is 0 Å². The molecule has 1 aliphatic heterocycles. The fraction of sp³-hybridized carbons (Fsp3) is 0.353. The molecule has 3 aromatic heterocycles. The number of carbonyl (C=O) groups is 1.